The van der Waals surface area contributed by atoms with E-state index < -0.39 is 6.04 Å². The quantitative estimate of drug-likeness (QED) is 0.857. The monoisotopic (exact) mass is 322 g/mol. The molecule has 22 heavy (non-hydrogen) atoms. The Bertz CT molecular complexity index is 566. The molecule has 0 aliphatic rings. The van der Waals surface area contributed by atoms with E-state index >= 15 is 0 Å². The van der Waals surface area contributed by atoms with Crippen molar-refractivity contribution in [3.05, 3.63) is 48.3 Å². The van der Waals surface area contributed by atoms with Crippen molar-refractivity contribution in [3.63, 3.8) is 0 Å². The van der Waals surface area contributed by atoms with E-state index in [0.29, 0.717) is 18.9 Å². The molecular formula is C16H23ClN4O. The highest BCUT2D eigenvalue weighted by molar-refractivity contribution is 5.85. The minimum atomic E-state index is -0.437. The van der Waals surface area contributed by atoms with Gasteiger partial charge in [0.25, 0.3) is 0 Å². The molecule has 0 saturated carbocycles. The zero-order chi connectivity index (χ0) is 15.2. The number of amides is 1. The first kappa shape index (κ1) is 18.2. The molecule has 5 nitrogen and oxygen atoms in total. The van der Waals surface area contributed by atoms with E-state index in [9.17, 15) is 4.79 Å². The fourth-order valence-corrected chi connectivity index (χ4v) is 2.12. The number of rotatable bonds is 6. The standard InChI is InChI=1S/C16H22N4O.ClH/c1-12(2)10-15(17)16(21)18-11-13-4-6-14(7-5-13)20-9-3-8-19-20;/h3-9,12,15H,10-11,17H2,1-2H3,(H,18,21);1H/t15-;/m0./s1. The summed E-state index contributed by atoms with van der Waals surface area (Å²) in [5, 5.41) is 7.04. The molecule has 0 aliphatic heterocycles. The molecule has 0 saturated heterocycles. The third-order valence-electron chi connectivity index (χ3n) is 3.23. The SMILES string of the molecule is CC(C)C[C@H](N)C(=O)NCc1ccc(-n2cccn2)cc1.Cl. The molecule has 1 aromatic carbocycles. The summed E-state index contributed by atoms with van der Waals surface area (Å²) in [7, 11) is 0. The lowest BCUT2D eigenvalue weighted by atomic mass is 10.0. The first-order valence-corrected chi connectivity index (χ1v) is 7.18. The average molecular weight is 323 g/mol. The largest absolute Gasteiger partial charge is 0.351 e. The van der Waals surface area contributed by atoms with Gasteiger partial charge in [0.1, 0.15) is 0 Å². The zero-order valence-corrected chi connectivity index (χ0v) is 13.7. The Balaban J connectivity index is 0.00000242. The maximum absolute atomic E-state index is 11.9. The van der Waals surface area contributed by atoms with Gasteiger partial charge < -0.3 is 11.1 Å². The van der Waals surface area contributed by atoms with Crippen LogP contribution in [0.5, 0.6) is 0 Å². The molecule has 2 rings (SSSR count). The minimum Gasteiger partial charge on any atom is -0.351 e. The van der Waals surface area contributed by atoms with Crippen molar-refractivity contribution < 1.29 is 4.79 Å². The highest BCUT2D eigenvalue weighted by Crippen LogP contribution is 2.09. The second-order valence-corrected chi connectivity index (χ2v) is 5.57. The summed E-state index contributed by atoms with van der Waals surface area (Å²) >= 11 is 0. The van der Waals surface area contributed by atoms with Gasteiger partial charge in [-0.25, -0.2) is 4.68 Å². The van der Waals surface area contributed by atoms with E-state index in [0.717, 1.165) is 11.3 Å². The van der Waals surface area contributed by atoms with Crippen LogP contribution in [0.1, 0.15) is 25.8 Å². The first-order chi connectivity index (χ1) is 10.1. The number of halogens is 1. The Morgan fingerprint density at radius 2 is 2.00 bits per heavy atom. The number of hydrogen-bond donors (Lipinski definition) is 2. The molecule has 0 fully saturated rings. The van der Waals surface area contributed by atoms with Gasteiger partial charge >= 0.3 is 0 Å². The molecule has 6 heteroatoms. The lowest BCUT2D eigenvalue weighted by Gasteiger charge is -2.14. The Kier molecular flexibility index (Phi) is 7.08. The van der Waals surface area contributed by atoms with E-state index in [1.807, 2.05) is 36.5 Å². The molecule has 0 unspecified atom stereocenters. The van der Waals surface area contributed by atoms with Crippen molar-refractivity contribution in [3.8, 4) is 5.69 Å². The van der Waals surface area contributed by atoms with E-state index in [2.05, 4.69) is 24.3 Å². The number of carbonyl (C=O) groups is 1. The summed E-state index contributed by atoms with van der Waals surface area (Å²) in [5.74, 6) is 0.318. The van der Waals surface area contributed by atoms with E-state index in [4.69, 9.17) is 5.73 Å². The van der Waals surface area contributed by atoms with Crippen LogP contribution in [-0.4, -0.2) is 21.7 Å². The van der Waals surface area contributed by atoms with Gasteiger partial charge in [-0.1, -0.05) is 26.0 Å². The Morgan fingerprint density at radius 1 is 1.32 bits per heavy atom. The molecule has 1 heterocycles. The molecule has 0 radical (unpaired) electrons. The van der Waals surface area contributed by atoms with Crippen molar-refractivity contribution in [2.24, 2.45) is 11.7 Å². The highest BCUT2D eigenvalue weighted by Gasteiger charge is 2.14. The summed E-state index contributed by atoms with van der Waals surface area (Å²) in [6.07, 6.45) is 4.33. The summed E-state index contributed by atoms with van der Waals surface area (Å²) < 4.78 is 1.79. The van der Waals surface area contributed by atoms with Gasteiger partial charge in [0.15, 0.2) is 0 Å². The van der Waals surface area contributed by atoms with Gasteiger partial charge in [0.2, 0.25) is 5.91 Å². The zero-order valence-electron chi connectivity index (χ0n) is 12.9. The molecule has 0 bridgehead atoms. The third-order valence-corrected chi connectivity index (χ3v) is 3.23. The van der Waals surface area contributed by atoms with Crippen LogP contribution in [0.4, 0.5) is 0 Å². The van der Waals surface area contributed by atoms with Crippen molar-refractivity contribution in [2.45, 2.75) is 32.9 Å². The number of aromatic nitrogens is 2. The second-order valence-electron chi connectivity index (χ2n) is 5.57. The van der Waals surface area contributed by atoms with E-state index in [1.165, 1.54) is 0 Å². The van der Waals surface area contributed by atoms with Crippen LogP contribution < -0.4 is 11.1 Å². The van der Waals surface area contributed by atoms with Crippen LogP contribution in [-0.2, 0) is 11.3 Å². The average Bonchev–Trinajstić information content (AvgIpc) is 2.98. The van der Waals surface area contributed by atoms with Gasteiger partial charge in [0, 0.05) is 18.9 Å². The number of hydrogen-bond acceptors (Lipinski definition) is 3. The number of nitrogens with one attached hydrogen (secondary N) is 1. The summed E-state index contributed by atoms with van der Waals surface area (Å²) in [6, 6.07) is 9.35. The molecule has 120 valence electrons. The fraction of sp³-hybridized carbons (Fsp3) is 0.375. The smallest absolute Gasteiger partial charge is 0.237 e. The van der Waals surface area contributed by atoms with Crippen LogP contribution in [0.3, 0.4) is 0 Å². The third kappa shape index (κ3) is 5.16. The van der Waals surface area contributed by atoms with E-state index in [1.54, 1.807) is 10.9 Å². The van der Waals surface area contributed by atoms with Crippen molar-refractivity contribution >= 4 is 18.3 Å². The second kappa shape index (κ2) is 8.56. The van der Waals surface area contributed by atoms with Crippen LogP contribution in [0.2, 0.25) is 0 Å². The van der Waals surface area contributed by atoms with Crippen molar-refractivity contribution in [2.75, 3.05) is 0 Å². The van der Waals surface area contributed by atoms with Gasteiger partial charge in [-0.3, -0.25) is 4.79 Å². The predicted molar refractivity (Wildman–Crippen MR) is 90.1 cm³/mol. The van der Waals surface area contributed by atoms with Gasteiger partial charge in [-0.15, -0.1) is 12.4 Å². The maximum Gasteiger partial charge on any atom is 0.237 e. The van der Waals surface area contributed by atoms with Gasteiger partial charge in [0.05, 0.1) is 11.7 Å². The van der Waals surface area contributed by atoms with Crippen LogP contribution in [0, 0.1) is 5.92 Å². The number of nitrogens with two attached hydrogens (primary N) is 1. The minimum absolute atomic E-state index is 0. The van der Waals surface area contributed by atoms with E-state index in [-0.39, 0.29) is 18.3 Å². The van der Waals surface area contributed by atoms with Crippen molar-refractivity contribution in [1.82, 2.24) is 15.1 Å². The number of benzene rings is 1. The number of carbonyl (C=O) groups excluding carboxylic acids is 1. The highest BCUT2D eigenvalue weighted by atomic mass is 35.5. The molecule has 0 spiro atoms. The molecular weight excluding hydrogens is 300 g/mol. The molecule has 2 aromatic rings. The van der Waals surface area contributed by atoms with Crippen molar-refractivity contribution in [1.29, 1.82) is 0 Å². The predicted octanol–water partition coefficient (Wildman–Crippen LogP) is 2.28. The molecule has 1 amide bonds. The van der Waals surface area contributed by atoms with Crippen LogP contribution in [0.25, 0.3) is 5.69 Å². The molecule has 1 atom stereocenters. The summed E-state index contributed by atoms with van der Waals surface area (Å²) in [5.41, 5.74) is 7.88. The Morgan fingerprint density at radius 3 is 2.55 bits per heavy atom. The Labute approximate surface area is 137 Å². The first-order valence-electron chi connectivity index (χ1n) is 7.18. The topological polar surface area (TPSA) is 72.9 Å². The normalized spacial score (nSPS) is 11.8. The lowest BCUT2D eigenvalue weighted by molar-refractivity contribution is -0.122. The maximum atomic E-state index is 11.9. The molecule has 1 aromatic heterocycles. The fourth-order valence-electron chi connectivity index (χ4n) is 2.12. The summed E-state index contributed by atoms with van der Waals surface area (Å²) in [6.45, 7) is 4.60. The molecule has 0 aliphatic carbocycles. The lowest BCUT2D eigenvalue weighted by Crippen LogP contribution is -2.41. The molecule has 3 N–H and O–H groups in total. The van der Waals surface area contributed by atoms with Gasteiger partial charge in [-0.2, -0.15) is 5.10 Å². The van der Waals surface area contributed by atoms with Gasteiger partial charge in [-0.05, 0) is 36.1 Å². The number of nitrogens with zero attached hydrogens (tertiary/aromatic N) is 2. The Hall–Kier alpha value is -1.85. The summed E-state index contributed by atoms with van der Waals surface area (Å²) in [4.78, 5) is 11.9. The van der Waals surface area contributed by atoms with Crippen LogP contribution >= 0.6 is 12.4 Å². The van der Waals surface area contributed by atoms with Crippen LogP contribution in [0.15, 0.2) is 42.7 Å².